The van der Waals surface area contributed by atoms with Crippen molar-refractivity contribution in [1.82, 2.24) is 4.98 Å². The minimum Gasteiger partial charge on any atom is -0.496 e. The first kappa shape index (κ1) is 22.2. The molecule has 0 radical (unpaired) electrons. The average molecular weight is 420 g/mol. The molecule has 6 heteroatoms. The largest absolute Gasteiger partial charge is 0.496 e. The van der Waals surface area contributed by atoms with Gasteiger partial charge in [-0.3, -0.25) is 9.59 Å². The third kappa shape index (κ3) is 5.15. The van der Waals surface area contributed by atoms with Crippen LogP contribution in [0.4, 0.5) is 10.1 Å². The Morgan fingerprint density at radius 1 is 1.06 bits per heavy atom. The number of pyridine rings is 1. The van der Waals surface area contributed by atoms with Gasteiger partial charge in [0.25, 0.3) is 0 Å². The Balaban J connectivity index is 1.77. The second kappa shape index (κ2) is 9.98. The van der Waals surface area contributed by atoms with Crippen LogP contribution in [-0.2, 0) is 11.2 Å². The zero-order valence-corrected chi connectivity index (χ0v) is 17.9. The molecule has 0 aliphatic carbocycles. The van der Waals surface area contributed by atoms with E-state index in [0.717, 1.165) is 16.8 Å². The lowest BCUT2D eigenvalue weighted by Gasteiger charge is -2.17. The summed E-state index contributed by atoms with van der Waals surface area (Å²) >= 11 is 0. The highest BCUT2D eigenvalue weighted by Crippen LogP contribution is 2.30. The number of aromatic nitrogens is 1. The Morgan fingerprint density at radius 3 is 2.42 bits per heavy atom. The van der Waals surface area contributed by atoms with Gasteiger partial charge < -0.3 is 9.64 Å². The molecule has 0 N–H and O–H groups in total. The molecule has 0 aliphatic heterocycles. The molecule has 0 bridgehead atoms. The highest BCUT2D eigenvalue weighted by molar-refractivity contribution is 5.99. The molecule has 3 rings (SSSR count). The number of ether oxygens (including phenoxy) is 1. The van der Waals surface area contributed by atoms with E-state index in [4.69, 9.17) is 4.74 Å². The first-order valence-corrected chi connectivity index (χ1v) is 10.1. The van der Waals surface area contributed by atoms with E-state index in [9.17, 15) is 14.0 Å². The second-order valence-corrected chi connectivity index (χ2v) is 7.14. The summed E-state index contributed by atoms with van der Waals surface area (Å²) in [6.45, 7) is 1.83. The number of methoxy groups -OCH3 is 1. The van der Waals surface area contributed by atoms with Crippen molar-refractivity contribution in [2.24, 2.45) is 0 Å². The third-order valence-corrected chi connectivity index (χ3v) is 5.22. The van der Waals surface area contributed by atoms with Gasteiger partial charge in [-0.15, -0.1) is 0 Å². The smallest absolute Gasteiger partial charge is 0.226 e. The van der Waals surface area contributed by atoms with Gasteiger partial charge in [-0.25, -0.2) is 4.98 Å². The molecule has 1 heterocycles. The van der Waals surface area contributed by atoms with Crippen molar-refractivity contribution < 1.29 is 18.7 Å². The zero-order chi connectivity index (χ0) is 22.4. The van der Waals surface area contributed by atoms with Crippen LogP contribution in [0.15, 0.2) is 60.8 Å². The Labute approximate surface area is 181 Å². The maximum absolute atomic E-state index is 13.7. The van der Waals surface area contributed by atoms with Gasteiger partial charge in [-0.1, -0.05) is 31.2 Å². The molecule has 0 spiro atoms. The number of anilines is 1. The van der Waals surface area contributed by atoms with E-state index in [0.29, 0.717) is 23.3 Å². The van der Waals surface area contributed by atoms with E-state index in [1.165, 1.54) is 13.3 Å². The number of halogens is 1. The molecule has 5 nitrogen and oxygen atoms in total. The number of carbonyl (C=O) groups is 2. The van der Waals surface area contributed by atoms with Crippen LogP contribution < -0.4 is 9.64 Å². The monoisotopic (exact) mass is 420 g/mol. The van der Waals surface area contributed by atoms with Gasteiger partial charge in [0.2, 0.25) is 11.9 Å². The predicted octanol–water partition coefficient (Wildman–Crippen LogP) is 5.08. The third-order valence-electron chi connectivity index (χ3n) is 5.22. The van der Waals surface area contributed by atoms with Gasteiger partial charge in [0.1, 0.15) is 5.75 Å². The van der Waals surface area contributed by atoms with Gasteiger partial charge in [0, 0.05) is 37.3 Å². The Morgan fingerprint density at radius 2 is 1.77 bits per heavy atom. The van der Waals surface area contributed by atoms with Crippen LogP contribution in [-0.4, -0.2) is 30.8 Å². The quantitative estimate of drug-likeness (QED) is 0.376. The summed E-state index contributed by atoms with van der Waals surface area (Å²) in [5, 5.41) is 0. The fraction of sp³-hybridized carbons (Fsp3) is 0.240. The highest BCUT2D eigenvalue weighted by atomic mass is 19.1. The zero-order valence-electron chi connectivity index (χ0n) is 17.9. The number of aryl methyl sites for hydroxylation is 1. The molecular weight excluding hydrogens is 395 g/mol. The van der Waals surface area contributed by atoms with Crippen LogP contribution >= 0.6 is 0 Å². The molecular formula is C25H25FN2O3. The molecule has 0 unspecified atom stereocenters. The van der Waals surface area contributed by atoms with Crippen molar-refractivity contribution in [1.29, 1.82) is 0 Å². The second-order valence-electron chi connectivity index (χ2n) is 7.14. The summed E-state index contributed by atoms with van der Waals surface area (Å²) in [6.07, 6.45) is 2.26. The standard InChI is InChI=1S/C25H25FN2O3/c1-4-24(30)28(2)20-11-7-17(8-12-20)19-9-13-21(23(16-19)31-3)22(29)14-10-18-6-5-15-27-25(18)26/h5-9,11-13,15-16H,4,10,14H2,1-3H3. The maximum Gasteiger partial charge on any atom is 0.226 e. The van der Waals surface area contributed by atoms with E-state index < -0.39 is 5.95 Å². The van der Waals surface area contributed by atoms with Crippen LogP contribution in [0.2, 0.25) is 0 Å². The van der Waals surface area contributed by atoms with Crippen molar-refractivity contribution in [3.8, 4) is 16.9 Å². The van der Waals surface area contributed by atoms with E-state index >= 15 is 0 Å². The number of hydrogen-bond donors (Lipinski definition) is 0. The number of amides is 1. The Hall–Kier alpha value is -3.54. The molecule has 2 aromatic carbocycles. The lowest BCUT2D eigenvalue weighted by molar-refractivity contribution is -0.118. The summed E-state index contributed by atoms with van der Waals surface area (Å²) in [5.74, 6) is -0.158. The van der Waals surface area contributed by atoms with Gasteiger partial charge >= 0.3 is 0 Å². The van der Waals surface area contributed by atoms with E-state index in [1.807, 2.05) is 43.3 Å². The van der Waals surface area contributed by atoms with Crippen LogP contribution in [0, 0.1) is 5.95 Å². The van der Waals surface area contributed by atoms with Crippen molar-refractivity contribution in [2.75, 3.05) is 19.1 Å². The van der Waals surface area contributed by atoms with Crippen LogP contribution in [0.3, 0.4) is 0 Å². The highest BCUT2D eigenvalue weighted by Gasteiger charge is 2.15. The number of Topliss-reactive ketones (excluding diaryl/α,β-unsaturated/α-hetero) is 1. The van der Waals surface area contributed by atoms with Crippen molar-refractivity contribution in [3.05, 3.63) is 77.9 Å². The molecule has 31 heavy (non-hydrogen) atoms. The number of nitrogens with zero attached hydrogens (tertiary/aromatic N) is 2. The van der Waals surface area contributed by atoms with Gasteiger partial charge in [-0.2, -0.15) is 4.39 Å². The van der Waals surface area contributed by atoms with Crippen LogP contribution in [0.5, 0.6) is 5.75 Å². The summed E-state index contributed by atoms with van der Waals surface area (Å²) in [6, 6.07) is 16.3. The Bertz CT molecular complexity index is 1080. The molecule has 0 saturated carbocycles. The number of hydrogen-bond acceptors (Lipinski definition) is 4. The minimum atomic E-state index is -0.549. The number of carbonyl (C=O) groups excluding carboxylic acids is 2. The summed E-state index contributed by atoms with van der Waals surface area (Å²) in [4.78, 5) is 29.8. The van der Waals surface area contributed by atoms with E-state index in [-0.39, 0.29) is 24.5 Å². The minimum absolute atomic E-state index is 0.0449. The lowest BCUT2D eigenvalue weighted by Crippen LogP contribution is -2.24. The molecule has 0 atom stereocenters. The van der Waals surface area contributed by atoms with Gasteiger partial charge in [0.15, 0.2) is 5.78 Å². The van der Waals surface area contributed by atoms with Crippen molar-refractivity contribution in [3.63, 3.8) is 0 Å². The summed E-state index contributed by atoms with van der Waals surface area (Å²) < 4.78 is 19.2. The average Bonchev–Trinajstić information content (AvgIpc) is 2.82. The molecule has 1 amide bonds. The molecule has 1 aromatic heterocycles. The molecule has 0 aliphatic rings. The van der Waals surface area contributed by atoms with Gasteiger partial charge in [0.05, 0.1) is 12.7 Å². The number of ketones is 1. The number of rotatable bonds is 8. The Kier molecular flexibility index (Phi) is 7.13. The van der Waals surface area contributed by atoms with Crippen molar-refractivity contribution in [2.45, 2.75) is 26.2 Å². The maximum atomic E-state index is 13.7. The fourth-order valence-corrected chi connectivity index (χ4v) is 3.35. The van der Waals surface area contributed by atoms with Gasteiger partial charge in [-0.05, 0) is 47.9 Å². The molecule has 160 valence electrons. The summed E-state index contributed by atoms with van der Waals surface area (Å²) in [5.41, 5.74) is 3.52. The van der Waals surface area contributed by atoms with Crippen LogP contribution in [0.1, 0.15) is 35.7 Å². The SMILES string of the molecule is CCC(=O)N(C)c1ccc(-c2ccc(C(=O)CCc3cccnc3F)c(OC)c2)cc1. The number of benzene rings is 2. The first-order chi connectivity index (χ1) is 14.9. The molecule has 0 saturated heterocycles. The molecule has 0 fully saturated rings. The van der Waals surface area contributed by atoms with Crippen LogP contribution in [0.25, 0.3) is 11.1 Å². The molecule has 3 aromatic rings. The normalized spacial score (nSPS) is 10.6. The first-order valence-electron chi connectivity index (χ1n) is 10.1. The fourth-order valence-electron chi connectivity index (χ4n) is 3.35. The topological polar surface area (TPSA) is 59.5 Å². The lowest BCUT2D eigenvalue weighted by atomic mass is 9.98. The van der Waals surface area contributed by atoms with E-state index in [1.54, 1.807) is 30.1 Å². The predicted molar refractivity (Wildman–Crippen MR) is 119 cm³/mol. The van der Waals surface area contributed by atoms with Crippen molar-refractivity contribution >= 4 is 17.4 Å². The summed E-state index contributed by atoms with van der Waals surface area (Å²) in [7, 11) is 3.27. The van der Waals surface area contributed by atoms with E-state index in [2.05, 4.69) is 4.98 Å².